The molecule has 1 N–H and O–H groups in total. The average molecular weight is 280 g/mol. The number of aliphatic hydroxyl groups is 1. The molecule has 0 radical (unpaired) electrons. The van der Waals surface area contributed by atoms with E-state index in [4.69, 9.17) is 9.47 Å². The summed E-state index contributed by atoms with van der Waals surface area (Å²) in [6.07, 6.45) is 3.67. The molecule has 2 aliphatic carbocycles. The Labute approximate surface area is 120 Å². The van der Waals surface area contributed by atoms with E-state index in [0.717, 1.165) is 6.42 Å². The first kappa shape index (κ1) is 14.1. The molecule has 0 aromatic heterocycles. The van der Waals surface area contributed by atoms with Crippen LogP contribution >= 0.6 is 0 Å². The van der Waals surface area contributed by atoms with Crippen molar-refractivity contribution in [3.8, 4) is 0 Å². The molecule has 3 rings (SSSR count). The number of rotatable bonds is 1. The van der Waals surface area contributed by atoms with Gasteiger partial charge in [0.05, 0.1) is 6.10 Å². The van der Waals surface area contributed by atoms with E-state index in [9.17, 15) is 9.90 Å². The number of methoxy groups -OCH3 is 1. The minimum atomic E-state index is -1.44. The summed E-state index contributed by atoms with van der Waals surface area (Å²) in [5.74, 6) is -1.02. The summed E-state index contributed by atoms with van der Waals surface area (Å²) < 4.78 is 11.1. The summed E-state index contributed by atoms with van der Waals surface area (Å²) in [6.45, 7) is 6.24. The highest BCUT2D eigenvalue weighted by Gasteiger charge is 2.63. The van der Waals surface area contributed by atoms with Crippen molar-refractivity contribution in [3.63, 3.8) is 0 Å². The Morgan fingerprint density at radius 2 is 2.10 bits per heavy atom. The smallest absolute Gasteiger partial charge is 0.336 e. The number of carbonyl (C=O) groups is 1. The summed E-state index contributed by atoms with van der Waals surface area (Å²) in [6, 6.07) is 0. The molecule has 2 fully saturated rings. The van der Waals surface area contributed by atoms with Crippen LogP contribution in [0.3, 0.4) is 0 Å². The molecule has 1 aliphatic heterocycles. The summed E-state index contributed by atoms with van der Waals surface area (Å²) in [4.78, 5) is 11.9. The van der Waals surface area contributed by atoms with E-state index >= 15 is 0 Å². The molecular formula is C16H24O4. The van der Waals surface area contributed by atoms with E-state index in [1.807, 2.05) is 0 Å². The van der Waals surface area contributed by atoms with Crippen molar-refractivity contribution in [2.24, 2.45) is 17.3 Å². The molecule has 0 bridgehead atoms. The molecule has 0 saturated heterocycles. The average Bonchev–Trinajstić information content (AvgIpc) is 2.60. The van der Waals surface area contributed by atoms with Crippen LogP contribution in [0.5, 0.6) is 0 Å². The van der Waals surface area contributed by atoms with Gasteiger partial charge in [-0.1, -0.05) is 26.7 Å². The highest BCUT2D eigenvalue weighted by molar-refractivity contribution is 5.92. The minimum Gasteiger partial charge on any atom is -0.426 e. The molecule has 0 aromatic carbocycles. The fourth-order valence-electron chi connectivity index (χ4n) is 4.75. The first-order valence-electron chi connectivity index (χ1n) is 7.54. The highest BCUT2D eigenvalue weighted by atomic mass is 16.7. The van der Waals surface area contributed by atoms with Gasteiger partial charge in [0.1, 0.15) is 0 Å². The van der Waals surface area contributed by atoms with Crippen LogP contribution in [-0.2, 0) is 14.3 Å². The molecule has 4 heteroatoms. The Balaban J connectivity index is 2.13. The predicted octanol–water partition coefficient (Wildman–Crippen LogP) is 2.41. The normalized spacial score (nSPS) is 47.9. The summed E-state index contributed by atoms with van der Waals surface area (Å²) in [5.41, 5.74) is 1.15. The zero-order chi connectivity index (χ0) is 14.7. The van der Waals surface area contributed by atoms with Gasteiger partial charge in [0, 0.05) is 30.1 Å². The van der Waals surface area contributed by atoms with Crippen LogP contribution in [0.25, 0.3) is 0 Å². The van der Waals surface area contributed by atoms with Crippen molar-refractivity contribution in [1.29, 1.82) is 0 Å². The number of hydrogen-bond donors (Lipinski definition) is 1. The van der Waals surface area contributed by atoms with Gasteiger partial charge < -0.3 is 14.6 Å². The number of esters is 1. The lowest BCUT2D eigenvalue weighted by atomic mass is 9.52. The monoisotopic (exact) mass is 280 g/mol. The second kappa shape index (κ2) is 4.31. The molecule has 0 unspecified atom stereocenters. The van der Waals surface area contributed by atoms with Crippen molar-refractivity contribution in [2.75, 3.05) is 7.11 Å². The molecule has 0 spiro atoms. The zero-order valence-electron chi connectivity index (χ0n) is 12.7. The van der Waals surface area contributed by atoms with Crippen LogP contribution in [0, 0.1) is 17.3 Å². The van der Waals surface area contributed by atoms with Gasteiger partial charge in [-0.3, -0.25) is 0 Å². The van der Waals surface area contributed by atoms with E-state index in [1.165, 1.54) is 12.8 Å². The maximum atomic E-state index is 11.9. The Morgan fingerprint density at radius 3 is 2.75 bits per heavy atom. The van der Waals surface area contributed by atoms with Gasteiger partial charge in [-0.25, -0.2) is 4.79 Å². The first-order chi connectivity index (χ1) is 9.34. The summed E-state index contributed by atoms with van der Waals surface area (Å²) >= 11 is 0. The van der Waals surface area contributed by atoms with Crippen LogP contribution in [0.4, 0.5) is 0 Å². The van der Waals surface area contributed by atoms with Crippen molar-refractivity contribution >= 4 is 5.97 Å². The minimum absolute atomic E-state index is 0.0379. The topological polar surface area (TPSA) is 55.8 Å². The number of ether oxygens (including phenoxy) is 2. The van der Waals surface area contributed by atoms with Crippen LogP contribution in [0.2, 0.25) is 0 Å². The largest absolute Gasteiger partial charge is 0.426 e. The van der Waals surface area contributed by atoms with Gasteiger partial charge in [-0.2, -0.15) is 0 Å². The second-order valence-electron chi connectivity index (χ2n) is 6.93. The number of carbonyl (C=O) groups excluding carboxylic acids is 1. The third-order valence-electron chi connectivity index (χ3n) is 6.11. The standard InChI is InChI=1S/C16H24O4/c1-9-6-5-7-11-8-16(18)12(10(2)14(17)20-16)13(19-4)15(9,11)3/h9,11,13,18H,5-8H2,1-4H3/t9-,11+,13+,15+,16-/m0/s1. The predicted molar refractivity (Wildman–Crippen MR) is 73.8 cm³/mol. The van der Waals surface area contributed by atoms with Crippen LogP contribution in [0.15, 0.2) is 11.1 Å². The van der Waals surface area contributed by atoms with Crippen LogP contribution in [0.1, 0.15) is 46.5 Å². The molecule has 4 nitrogen and oxygen atoms in total. The molecule has 3 aliphatic rings. The molecule has 112 valence electrons. The molecule has 20 heavy (non-hydrogen) atoms. The van der Waals surface area contributed by atoms with Crippen molar-refractivity contribution in [3.05, 3.63) is 11.1 Å². The molecule has 1 heterocycles. The van der Waals surface area contributed by atoms with Gasteiger partial charge in [-0.05, 0) is 25.2 Å². The molecule has 0 amide bonds. The van der Waals surface area contributed by atoms with Crippen molar-refractivity contribution < 1.29 is 19.4 Å². The summed E-state index contributed by atoms with van der Waals surface area (Å²) in [5, 5.41) is 10.8. The fraction of sp³-hybridized carbons (Fsp3) is 0.812. The van der Waals surface area contributed by atoms with Gasteiger partial charge in [0.2, 0.25) is 5.79 Å². The maximum Gasteiger partial charge on any atom is 0.336 e. The van der Waals surface area contributed by atoms with Gasteiger partial charge in [0.15, 0.2) is 0 Å². The van der Waals surface area contributed by atoms with Gasteiger partial charge >= 0.3 is 5.97 Å². The lowest BCUT2D eigenvalue weighted by Gasteiger charge is -2.56. The number of fused-ring (bicyclic) bond motifs is 2. The zero-order valence-corrected chi connectivity index (χ0v) is 12.7. The van der Waals surface area contributed by atoms with Crippen LogP contribution in [-0.4, -0.2) is 30.1 Å². The molecule has 0 aromatic rings. The Kier molecular flexibility index (Phi) is 3.04. The van der Waals surface area contributed by atoms with E-state index in [2.05, 4.69) is 13.8 Å². The molecule has 2 saturated carbocycles. The quantitative estimate of drug-likeness (QED) is 0.749. The Bertz CT molecular complexity index is 483. The fourth-order valence-corrected chi connectivity index (χ4v) is 4.75. The highest BCUT2D eigenvalue weighted by Crippen LogP contribution is 2.60. The van der Waals surface area contributed by atoms with E-state index < -0.39 is 11.8 Å². The lowest BCUT2D eigenvalue weighted by Crippen LogP contribution is -2.58. The van der Waals surface area contributed by atoms with E-state index in [1.54, 1.807) is 14.0 Å². The third-order valence-corrected chi connectivity index (χ3v) is 6.11. The Morgan fingerprint density at radius 1 is 1.40 bits per heavy atom. The van der Waals surface area contributed by atoms with E-state index in [-0.39, 0.29) is 11.5 Å². The number of hydrogen-bond acceptors (Lipinski definition) is 4. The molecular weight excluding hydrogens is 256 g/mol. The van der Waals surface area contributed by atoms with Crippen molar-refractivity contribution in [1.82, 2.24) is 0 Å². The first-order valence-corrected chi connectivity index (χ1v) is 7.54. The van der Waals surface area contributed by atoms with Crippen molar-refractivity contribution in [2.45, 2.75) is 58.3 Å². The Hall–Kier alpha value is -0.870. The second-order valence-corrected chi connectivity index (χ2v) is 6.93. The third kappa shape index (κ3) is 1.58. The van der Waals surface area contributed by atoms with E-state index in [0.29, 0.717) is 29.4 Å². The summed E-state index contributed by atoms with van der Waals surface area (Å²) in [7, 11) is 1.67. The van der Waals surface area contributed by atoms with Gasteiger partial charge in [-0.15, -0.1) is 0 Å². The maximum absolute atomic E-state index is 11.9. The molecule has 5 atom stereocenters. The van der Waals surface area contributed by atoms with Gasteiger partial charge in [0.25, 0.3) is 0 Å². The SMILES string of the molecule is CO[C@@H]1C2=C(C)C(=O)O[C@@]2(O)C[C@H]2CCC[C@H](C)[C@]21C. The lowest BCUT2D eigenvalue weighted by molar-refractivity contribution is -0.224. The van der Waals surface area contributed by atoms with Crippen LogP contribution < -0.4 is 0 Å².